The molecule has 0 spiro atoms. The summed E-state index contributed by atoms with van der Waals surface area (Å²) in [6.07, 6.45) is 4.59. The molecule has 0 heterocycles. The Labute approximate surface area is 256 Å². The van der Waals surface area contributed by atoms with E-state index in [0.717, 1.165) is 48.8 Å². The van der Waals surface area contributed by atoms with E-state index in [0.29, 0.717) is 12.0 Å². The molecule has 0 bridgehead atoms. The Morgan fingerprint density at radius 3 is 2.21 bits per heavy atom. The summed E-state index contributed by atoms with van der Waals surface area (Å²) in [6.45, 7) is 11.6. The quantitative estimate of drug-likeness (QED) is 0.217. The van der Waals surface area contributed by atoms with Gasteiger partial charge in [-0.05, 0) is 57.7 Å². The number of hydrogen-bond donors (Lipinski definition) is 3. The van der Waals surface area contributed by atoms with E-state index < -0.39 is 42.0 Å². The number of rotatable bonds is 16. The van der Waals surface area contributed by atoms with Crippen molar-refractivity contribution in [3.8, 4) is 0 Å². The van der Waals surface area contributed by atoms with Gasteiger partial charge in [0.05, 0.1) is 6.42 Å². The lowest BCUT2D eigenvalue weighted by Gasteiger charge is -2.35. The third-order valence-corrected chi connectivity index (χ3v) is 7.03. The molecule has 2 atom stereocenters. The first kappa shape index (κ1) is 35.3. The Kier molecular flexibility index (Phi) is 14.2. The lowest BCUT2D eigenvalue weighted by molar-refractivity contribution is -0.143. The van der Waals surface area contributed by atoms with Gasteiger partial charge in [-0.1, -0.05) is 93.1 Å². The van der Waals surface area contributed by atoms with Gasteiger partial charge in [0.2, 0.25) is 17.7 Å². The van der Waals surface area contributed by atoms with Crippen LogP contribution in [-0.4, -0.2) is 46.9 Å². The van der Waals surface area contributed by atoms with Crippen LogP contribution in [0.4, 0.5) is 4.79 Å². The van der Waals surface area contributed by atoms with Crippen LogP contribution >= 0.6 is 0 Å². The fourth-order valence-electron chi connectivity index (χ4n) is 4.87. The first-order valence-electron chi connectivity index (χ1n) is 15.3. The molecule has 2 rings (SSSR count). The number of alkyl carbamates (subject to hydrolysis) is 1. The van der Waals surface area contributed by atoms with Crippen LogP contribution in [0.1, 0.15) is 101 Å². The maximum Gasteiger partial charge on any atom is 0.408 e. The van der Waals surface area contributed by atoms with Crippen molar-refractivity contribution in [3.05, 3.63) is 70.8 Å². The first-order valence-corrected chi connectivity index (χ1v) is 15.3. The van der Waals surface area contributed by atoms with Gasteiger partial charge in [-0.25, -0.2) is 4.79 Å². The summed E-state index contributed by atoms with van der Waals surface area (Å²) < 4.78 is 5.38. The van der Waals surface area contributed by atoms with Gasteiger partial charge in [-0.2, -0.15) is 0 Å². The second-order valence-electron chi connectivity index (χ2n) is 12.1. The number of benzene rings is 2. The van der Waals surface area contributed by atoms with Crippen LogP contribution in [0.15, 0.2) is 48.5 Å². The number of carbonyl (C=O) groups excluding carboxylic acids is 4. The van der Waals surface area contributed by atoms with Gasteiger partial charge in [0.1, 0.15) is 17.7 Å². The molecular weight excluding hydrogens is 544 g/mol. The van der Waals surface area contributed by atoms with E-state index in [-0.39, 0.29) is 19.0 Å². The van der Waals surface area contributed by atoms with Gasteiger partial charge in [-0.3, -0.25) is 14.4 Å². The number of amides is 4. The van der Waals surface area contributed by atoms with Crippen molar-refractivity contribution in [1.82, 2.24) is 15.5 Å². The standard InChI is InChI=1S/C34H50N4O5/c1-7-8-9-10-11-15-20-38(32(41)28(22-29(35)39)37-33(42)43-34(4,5)6)30(27-21-24(2)18-19-25(27)3)31(40)36-23-26-16-13-12-14-17-26/h12-14,16-19,21,28,30H,7-11,15,20,22-23H2,1-6H3,(H2,35,39)(H,36,40)(H,37,42). The Morgan fingerprint density at radius 1 is 0.930 bits per heavy atom. The topological polar surface area (TPSA) is 131 Å². The zero-order valence-corrected chi connectivity index (χ0v) is 26.7. The molecule has 0 saturated carbocycles. The molecule has 9 heteroatoms. The van der Waals surface area contributed by atoms with Crippen molar-refractivity contribution in [2.24, 2.45) is 5.73 Å². The van der Waals surface area contributed by atoms with Crippen molar-refractivity contribution >= 4 is 23.8 Å². The molecule has 4 amide bonds. The second kappa shape index (κ2) is 17.3. The number of ether oxygens (including phenoxy) is 1. The van der Waals surface area contributed by atoms with Crippen LogP contribution in [-0.2, 0) is 25.7 Å². The Morgan fingerprint density at radius 2 is 1.58 bits per heavy atom. The smallest absolute Gasteiger partial charge is 0.408 e. The summed E-state index contributed by atoms with van der Waals surface area (Å²) in [4.78, 5) is 54.7. The van der Waals surface area contributed by atoms with E-state index in [9.17, 15) is 19.2 Å². The van der Waals surface area contributed by atoms with E-state index >= 15 is 0 Å². The highest BCUT2D eigenvalue weighted by molar-refractivity contribution is 5.94. The highest BCUT2D eigenvalue weighted by Gasteiger charge is 2.37. The van der Waals surface area contributed by atoms with Crippen LogP contribution < -0.4 is 16.4 Å². The number of aryl methyl sites for hydroxylation is 2. The monoisotopic (exact) mass is 594 g/mol. The molecule has 2 unspecified atom stereocenters. The highest BCUT2D eigenvalue weighted by atomic mass is 16.6. The van der Waals surface area contributed by atoms with E-state index in [4.69, 9.17) is 10.5 Å². The molecule has 0 aliphatic heterocycles. The summed E-state index contributed by atoms with van der Waals surface area (Å²) in [7, 11) is 0. The van der Waals surface area contributed by atoms with Crippen LogP contribution in [0.25, 0.3) is 0 Å². The predicted molar refractivity (Wildman–Crippen MR) is 169 cm³/mol. The third kappa shape index (κ3) is 12.5. The number of nitrogens with two attached hydrogens (primary N) is 1. The number of nitrogens with one attached hydrogen (secondary N) is 2. The van der Waals surface area contributed by atoms with E-state index in [1.165, 1.54) is 4.90 Å². The molecule has 236 valence electrons. The number of unbranched alkanes of at least 4 members (excludes halogenated alkanes) is 5. The van der Waals surface area contributed by atoms with Gasteiger partial charge in [0.25, 0.3) is 0 Å². The van der Waals surface area contributed by atoms with E-state index in [1.54, 1.807) is 20.8 Å². The fourth-order valence-corrected chi connectivity index (χ4v) is 4.87. The summed E-state index contributed by atoms with van der Waals surface area (Å²) >= 11 is 0. The number of carbonyl (C=O) groups is 4. The Bertz CT molecular complexity index is 1210. The summed E-state index contributed by atoms with van der Waals surface area (Å²) in [5.74, 6) is -1.68. The van der Waals surface area contributed by atoms with Gasteiger partial charge in [0.15, 0.2) is 0 Å². The van der Waals surface area contributed by atoms with Crippen molar-refractivity contribution in [2.75, 3.05) is 6.54 Å². The molecule has 9 nitrogen and oxygen atoms in total. The normalized spacial score (nSPS) is 12.6. The fraction of sp³-hybridized carbons (Fsp3) is 0.529. The molecule has 0 aliphatic rings. The van der Waals surface area contributed by atoms with Gasteiger partial charge < -0.3 is 26.0 Å². The minimum absolute atomic E-state index is 0.257. The molecule has 0 radical (unpaired) electrons. The maximum atomic E-state index is 14.3. The summed E-state index contributed by atoms with van der Waals surface area (Å²) in [6, 6.07) is 13.0. The van der Waals surface area contributed by atoms with Gasteiger partial charge in [0, 0.05) is 13.1 Å². The average molecular weight is 595 g/mol. The summed E-state index contributed by atoms with van der Waals surface area (Å²) in [5.41, 5.74) is 8.09. The van der Waals surface area contributed by atoms with Crippen LogP contribution in [0, 0.1) is 13.8 Å². The second-order valence-corrected chi connectivity index (χ2v) is 12.1. The zero-order chi connectivity index (χ0) is 32.0. The van der Waals surface area contributed by atoms with Crippen molar-refractivity contribution < 1.29 is 23.9 Å². The zero-order valence-electron chi connectivity index (χ0n) is 26.7. The molecule has 0 saturated heterocycles. The highest BCUT2D eigenvalue weighted by Crippen LogP contribution is 2.28. The molecule has 2 aromatic rings. The summed E-state index contributed by atoms with van der Waals surface area (Å²) in [5, 5.41) is 5.56. The minimum Gasteiger partial charge on any atom is -0.444 e. The SMILES string of the molecule is CCCCCCCCN(C(=O)C(CC(N)=O)NC(=O)OC(C)(C)C)C(C(=O)NCc1ccccc1)c1cc(C)ccc1C. The van der Waals surface area contributed by atoms with E-state index in [1.807, 2.05) is 62.4 Å². The van der Waals surface area contributed by atoms with Crippen LogP contribution in [0.2, 0.25) is 0 Å². The lowest BCUT2D eigenvalue weighted by Crippen LogP contribution is -2.54. The number of hydrogen-bond acceptors (Lipinski definition) is 5. The Balaban J connectivity index is 2.51. The van der Waals surface area contributed by atoms with Gasteiger partial charge >= 0.3 is 6.09 Å². The molecule has 4 N–H and O–H groups in total. The molecule has 0 fully saturated rings. The molecule has 43 heavy (non-hydrogen) atoms. The van der Waals surface area contributed by atoms with Crippen molar-refractivity contribution in [3.63, 3.8) is 0 Å². The molecular formula is C34H50N4O5. The largest absolute Gasteiger partial charge is 0.444 e. The maximum absolute atomic E-state index is 14.3. The van der Waals surface area contributed by atoms with E-state index in [2.05, 4.69) is 17.6 Å². The average Bonchev–Trinajstić information content (AvgIpc) is 2.93. The molecule has 0 aliphatic carbocycles. The van der Waals surface area contributed by atoms with Crippen LogP contribution in [0.5, 0.6) is 0 Å². The minimum atomic E-state index is -1.30. The molecule has 2 aromatic carbocycles. The van der Waals surface area contributed by atoms with Gasteiger partial charge in [-0.15, -0.1) is 0 Å². The number of nitrogens with zero attached hydrogens (tertiary/aromatic N) is 1. The van der Waals surface area contributed by atoms with Crippen molar-refractivity contribution in [1.29, 1.82) is 0 Å². The third-order valence-electron chi connectivity index (χ3n) is 7.03. The number of primary amides is 1. The molecule has 0 aromatic heterocycles. The first-order chi connectivity index (χ1) is 20.3. The van der Waals surface area contributed by atoms with Crippen molar-refractivity contribution in [2.45, 2.75) is 111 Å². The Hall–Kier alpha value is -3.88. The lowest BCUT2D eigenvalue weighted by atomic mass is 9.95. The van der Waals surface area contributed by atoms with Crippen LogP contribution in [0.3, 0.4) is 0 Å². The predicted octanol–water partition coefficient (Wildman–Crippen LogP) is 5.62.